The van der Waals surface area contributed by atoms with Crippen LogP contribution in [0.3, 0.4) is 0 Å². The summed E-state index contributed by atoms with van der Waals surface area (Å²) < 4.78 is 17.7. The van der Waals surface area contributed by atoms with Gasteiger partial charge in [-0.05, 0) is 95.5 Å². The fourth-order valence-electron chi connectivity index (χ4n) is 6.23. The number of carbonyl (C=O) groups is 3. The number of hydrogen-bond donors (Lipinski definition) is 0. The Balaban J connectivity index is 1.45. The first-order valence-electron chi connectivity index (χ1n) is 16.4. The van der Waals surface area contributed by atoms with Crippen LogP contribution < -0.4 is 9.64 Å². The third-order valence-corrected chi connectivity index (χ3v) is 8.66. The van der Waals surface area contributed by atoms with Crippen molar-refractivity contribution in [3.05, 3.63) is 76.9 Å². The number of anilines is 1. The molecule has 2 aromatic carbocycles. The molecule has 0 saturated carbocycles. The number of non-ortho nitro benzene ring substituents is 1. The number of likely N-dealkylation sites (tertiary alicyclic amines) is 2. The Hall–Kier alpha value is -4.49. The number of cyclic esters (lactones) is 2. The summed E-state index contributed by atoms with van der Waals surface area (Å²) in [5.74, 6) is -2.88. The number of hydrogen-bond acceptors (Lipinski definition) is 10. The number of para-hydroxylation sites is 1. The van der Waals surface area contributed by atoms with Gasteiger partial charge in [0.2, 0.25) is 0 Å². The van der Waals surface area contributed by atoms with Crippen molar-refractivity contribution in [1.82, 2.24) is 14.7 Å². The first-order valence-corrected chi connectivity index (χ1v) is 16.4. The number of amides is 2. The molecule has 3 heterocycles. The quantitative estimate of drug-likeness (QED) is 0.117. The molecular weight excluding hydrogens is 606 g/mol. The smallest absolute Gasteiger partial charge is 0.347 e. The van der Waals surface area contributed by atoms with Crippen LogP contribution in [0.5, 0.6) is 5.75 Å². The van der Waals surface area contributed by atoms with Gasteiger partial charge in [-0.15, -0.1) is 0 Å². The van der Waals surface area contributed by atoms with Gasteiger partial charge < -0.3 is 24.0 Å². The van der Waals surface area contributed by atoms with Crippen molar-refractivity contribution in [2.24, 2.45) is 0 Å². The maximum absolute atomic E-state index is 14.8. The maximum atomic E-state index is 14.8. The molecular formula is C34H43N5O8. The van der Waals surface area contributed by atoms with Gasteiger partial charge in [0.1, 0.15) is 5.75 Å². The Bertz CT molecular complexity index is 1370. The van der Waals surface area contributed by atoms with E-state index in [1.807, 2.05) is 30.3 Å². The Morgan fingerprint density at radius 2 is 1.43 bits per heavy atom. The lowest BCUT2D eigenvalue weighted by Crippen LogP contribution is -2.61. The van der Waals surface area contributed by atoms with E-state index in [0.717, 1.165) is 64.0 Å². The number of carbonyl (C=O) groups excluding carboxylic acids is 3. The number of nitrogens with zero attached hydrogens (tertiary/aromatic N) is 5. The van der Waals surface area contributed by atoms with Crippen molar-refractivity contribution in [3.63, 3.8) is 0 Å². The number of benzene rings is 2. The van der Waals surface area contributed by atoms with Gasteiger partial charge >= 0.3 is 23.9 Å². The summed E-state index contributed by atoms with van der Waals surface area (Å²) in [6.45, 7) is 5.42. The lowest BCUT2D eigenvalue weighted by Gasteiger charge is -2.43. The minimum atomic E-state index is -2.00. The minimum Gasteiger partial charge on any atom is -0.494 e. The van der Waals surface area contributed by atoms with Crippen LogP contribution in [-0.2, 0) is 19.1 Å². The predicted octanol–water partition coefficient (Wildman–Crippen LogP) is 4.57. The first-order chi connectivity index (χ1) is 22.8. The molecule has 0 N–H and O–H groups in total. The van der Waals surface area contributed by atoms with Crippen molar-refractivity contribution < 1.29 is 33.5 Å². The molecule has 13 heteroatoms. The zero-order valence-corrected chi connectivity index (χ0v) is 26.7. The molecule has 13 nitrogen and oxygen atoms in total. The van der Waals surface area contributed by atoms with Gasteiger partial charge in [-0.1, -0.05) is 18.2 Å². The molecule has 5 rings (SSSR count). The fraction of sp³-hybridized carbons (Fsp3) is 0.500. The SMILES string of the molecule is O=C1C=CC(=O)OC(CCN2CCCC2)(N(CCCN2CCCC2)C(=O)N(CCCOc2ccccc2)c2ccc([N+](=O)[O-])cc2)O1. The average molecular weight is 650 g/mol. The van der Waals surface area contributed by atoms with Crippen LogP contribution in [0.4, 0.5) is 16.2 Å². The fourth-order valence-corrected chi connectivity index (χ4v) is 6.23. The highest BCUT2D eigenvalue weighted by Gasteiger charge is 2.49. The largest absolute Gasteiger partial charge is 0.494 e. The monoisotopic (exact) mass is 649 g/mol. The van der Waals surface area contributed by atoms with E-state index in [9.17, 15) is 24.5 Å². The van der Waals surface area contributed by atoms with E-state index in [1.165, 1.54) is 34.1 Å². The average Bonchev–Trinajstić information content (AvgIpc) is 3.78. The molecule has 2 aromatic rings. The predicted molar refractivity (Wildman–Crippen MR) is 174 cm³/mol. The lowest BCUT2D eigenvalue weighted by atomic mass is 10.2. The van der Waals surface area contributed by atoms with Gasteiger partial charge in [0, 0.05) is 49.6 Å². The highest BCUT2D eigenvalue weighted by atomic mass is 16.8. The number of nitro benzene ring substituents is 1. The Labute approximate surface area is 274 Å². The first kappa shape index (κ1) is 33.9. The van der Waals surface area contributed by atoms with Crippen molar-refractivity contribution in [1.29, 1.82) is 0 Å². The number of nitro groups is 1. The molecule has 0 unspecified atom stereocenters. The molecule has 0 aliphatic carbocycles. The third kappa shape index (κ3) is 9.29. The second kappa shape index (κ2) is 16.4. The van der Waals surface area contributed by atoms with Gasteiger partial charge in [-0.25, -0.2) is 14.4 Å². The minimum absolute atomic E-state index is 0.0623. The van der Waals surface area contributed by atoms with Crippen molar-refractivity contribution in [3.8, 4) is 5.75 Å². The molecule has 2 amide bonds. The van der Waals surface area contributed by atoms with Gasteiger partial charge in [0.15, 0.2) is 0 Å². The lowest BCUT2D eigenvalue weighted by molar-refractivity contribution is -0.384. The Morgan fingerprint density at radius 3 is 2.02 bits per heavy atom. The molecule has 0 atom stereocenters. The van der Waals surface area contributed by atoms with Crippen LogP contribution in [-0.4, -0.2) is 102 Å². The van der Waals surface area contributed by atoms with Crippen LogP contribution in [0.15, 0.2) is 66.7 Å². The topological polar surface area (TPSA) is 135 Å². The summed E-state index contributed by atoms with van der Waals surface area (Å²) in [5.41, 5.74) is 0.291. The summed E-state index contributed by atoms with van der Waals surface area (Å²) in [4.78, 5) is 59.0. The maximum Gasteiger partial charge on any atom is 0.347 e. The van der Waals surface area contributed by atoms with Gasteiger partial charge in [-0.3, -0.25) is 19.9 Å². The third-order valence-electron chi connectivity index (χ3n) is 8.66. The standard InChI is InChI=1S/C34H43N5O8/c40-31-16-17-32(41)47-34(46-31,18-26-36-21-6-7-22-36)38(25-8-23-35-19-4-5-20-35)33(42)37(28-12-14-29(15-13-28)39(43)44)24-9-27-45-30-10-2-1-3-11-30/h1-3,10-17H,4-9,18-27H2. The second-order valence-electron chi connectivity index (χ2n) is 12.0. The number of esters is 2. The second-order valence-corrected chi connectivity index (χ2v) is 12.0. The zero-order chi connectivity index (χ0) is 33.1. The molecule has 0 bridgehead atoms. The zero-order valence-electron chi connectivity index (χ0n) is 26.7. The summed E-state index contributed by atoms with van der Waals surface area (Å²) in [6, 6.07) is 14.5. The van der Waals surface area contributed by atoms with Crippen LogP contribution >= 0.6 is 0 Å². The Kier molecular flexibility index (Phi) is 11.8. The summed E-state index contributed by atoms with van der Waals surface area (Å²) in [7, 11) is 0. The summed E-state index contributed by atoms with van der Waals surface area (Å²) in [6.07, 6.45) is 7.35. The van der Waals surface area contributed by atoms with Crippen LogP contribution in [0.1, 0.15) is 44.9 Å². The summed E-state index contributed by atoms with van der Waals surface area (Å²) >= 11 is 0. The summed E-state index contributed by atoms with van der Waals surface area (Å²) in [5, 5.41) is 11.4. The van der Waals surface area contributed by atoms with E-state index in [2.05, 4.69) is 9.80 Å². The van der Waals surface area contributed by atoms with E-state index in [-0.39, 0.29) is 25.2 Å². The van der Waals surface area contributed by atoms with Crippen molar-refractivity contribution >= 4 is 29.3 Å². The molecule has 252 valence electrons. The molecule has 0 spiro atoms. The molecule has 0 aromatic heterocycles. The molecule has 3 aliphatic rings. The molecule has 47 heavy (non-hydrogen) atoms. The van der Waals surface area contributed by atoms with Crippen molar-refractivity contribution in [2.45, 2.75) is 50.9 Å². The molecule has 2 saturated heterocycles. The highest BCUT2D eigenvalue weighted by Crippen LogP contribution is 2.31. The normalized spacial score (nSPS) is 18.0. The molecule has 2 fully saturated rings. The van der Waals surface area contributed by atoms with Crippen LogP contribution in [0, 0.1) is 10.1 Å². The van der Waals surface area contributed by atoms with E-state index in [0.29, 0.717) is 44.0 Å². The van der Waals surface area contributed by atoms with Crippen molar-refractivity contribution in [2.75, 3.05) is 63.9 Å². The highest BCUT2D eigenvalue weighted by molar-refractivity contribution is 5.95. The van der Waals surface area contributed by atoms with Crippen LogP contribution in [0.25, 0.3) is 0 Å². The Morgan fingerprint density at radius 1 is 0.830 bits per heavy atom. The van der Waals surface area contributed by atoms with Gasteiger partial charge in [0.05, 0.1) is 18.0 Å². The molecule has 0 radical (unpaired) electrons. The number of rotatable bonds is 15. The van der Waals surface area contributed by atoms with E-state index in [4.69, 9.17) is 14.2 Å². The number of urea groups is 1. The van der Waals surface area contributed by atoms with E-state index < -0.39 is 28.8 Å². The van der Waals surface area contributed by atoms with Crippen LogP contribution in [0.2, 0.25) is 0 Å². The van der Waals surface area contributed by atoms with E-state index in [1.54, 1.807) is 0 Å². The van der Waals surface area contributed by atoms with Gasteiger partial charge in [-0.2, -0.15) is 0 Å². The molecule has 3 aliphatic heterocycles. The van der Waals surface area contributed by atoms with E-state index >= 15 is 0 Å². The van der Waals surface area contributed by atoms with Gasteiger partial charge in [0.25, 0.3) is 5.69 Å². The number of ether oxygens (including phenoxy) is 3.